The van der Waals surface area contributed by atoms with E-state index in [2.05, 4.69) is 0 Å². The smallest absolute Gasteiger partial charge is 0.270 e. The number of hydrogen-bond acceptors (Lipinski definition) is 6. The van der Waals surface area contributed by atoms with Gasteiger partial charge in [-0.05, 0) is 18.2 Å². The number of carbonyl (C=O) groups excluding carboxylic acids is 1. The summed E-state index contributed by atoms with van der Waals surface area (Å²) in [5.74, 6) is 1.52. The Kier molecular flexibility index (Phi) is 5.49. The van der Waals surface area contributed by atoms with Crippen LogP contribution in [-0.2, 0) is 4.79 Å². The van der Waals surface area contributed by atoms with E-state index in [4.69, 9.17) is 26.4 Å². The molecular formula is C19H17NO4S2. The lowest BCUT2D eigenvalue weighted by Gasteiger charge is -2.14. The molecule has 134 valence electrons. The Labute approximate surface area is 161 Å². The second-order valence-corrected chi connectivity index (χ2v) is 6.97. The topological polar surface area (TPSA) is 48.0 Å². The van der Waals surface area contributed by atoms with Crippen molar-refractivity contribution in [3.8, 4) is 17.2 Å². The Morgan fingerprint density at radius 2 is 1.62 bits per heavy atom. The number of para-hydroxylation sites is 1. The fourth-order valence-corrected chi connectivity index (χ4v) is 3.85. The summed E-state index contributed by atoms with van der Waals surface area (Å²) >= 11 is 6.65. The molecule has 0 aromatic heterocycles. The average Bonchev–Trinajstić information content (AvgIpc) is 2.95. The molecule has 1 fully saturated rings. The highest BCUT2D eigenvalue weighted by molar-refractivity contribution is 8.27. The second-order valence-electron chi connectivity index (χ2n) is 5.30. The van der Waals surface area contributed by atoms with E-state index in [0.29, 0.717) is 32.0 Å². The summed E-state index contributed by atoms with van der Waals surface area (Å²) in [5.41, 5.74) is 1.40. The zero-order valence-electron chi connectivity index (χ0n) is 14.5. The minimum absolute atomic E-state index is 0.175. The first-order valence-corrected chi connectivity index (χ1v) is 8.94. The molecule has 2 aromatic carbocycles. The van der Waals surface area contributed by atoms with Crippen LogP contribution in [-0.4, -0.2) is 31.6 Å². The number of anilines is 1. The largest absolute Gasteiger partial charge is 0.496 e. The number of nitrogens with zero attached hydrogens (tertiary/aromatic N) is 1. The fraction of sp³-hybridized carbons (Fsp3) is 0.158. The van der Waals surface area contributed by atoms with Crippen LogP contribution in [0.5, 0.6) is 17.2 Å². The number of carbonyl (C=O) groups is 1. The number of amides is 1. The summed E-state index contributed by atoms with van der Waals surface area (Å²) in [7, 11) is 4.68. The van der Waals surface area contributed by atoms with Crippen molar-refractivity contribution in [2.45, 2.75) is 0 Å². The zero-order chi connectivity index (χ0) is 18.7. The van der Waals surface area contributed by atoms with Crippen LogP contribution < -0.4 is 19.1 Å². The van der Waals surface area contributed by atoms with Gasteiger partial charge in [-0.1, -0.05) is 42.2 Å². The van der Waals surface area contributed by atoms with E-state index in [1.165, 1.54) is 16.7 Å². The summed E-state index contributed by atoms with van der Waals surface area (Å²) in [4.78, 5) is 14.9. The zero-order valence-corrected chi connectivity index (χ0v) is 16.1. The van der Waals surface area contributed by atoms with E-state index >= 15 is 0 Å². The Morgan fingerprint density at radius 1 is 1.00 bits per heavy atom. The summed E-state index contributed by atoms with van der Waals surface area (Å²) in [5, 5.41) is 0. The van der Waals surface area contributed by atoms with Gasteiger partial charge in [0.05, 0.1) is 37.5 Å². The van der Waals surface area contributed by atoms with Gasteiger partial charge < -0.3 is 14.2 Å². The molecule has 0 bridgehead atoms. The van der Waals surface area contributed by atoms with Gasteiger partial charge in [-0.15, -0.1) is 0 Å². The molecule has 3 rings (SSSR count). The van der Waals surface area contributed by atoms with Gasteiger partial charge in [-0.2, -0.15) is 0 Å². The molecule has 0 unspecified atom stereocenters. The maximum absolute atomic E-state index is 12.9. The van der Waals surface area contributed by atoms with Gasteiger partial charge >= 0.3 is 0 Å². The Balaban J connectivity index is 2.03. The fourth-order valence-electron chi connectivity index (χ4n) is 2.57. The van der Waals surface area contributed by atoms with E-state index in [1.54, 1.807) is 39.5 Å². The summed E-state index contributed by atoms with van der Waals surface area (Å²) in [6.07, 6.45) is 1.74. The predicted octanol–water partition coefficient (Wildman–Crippen LogP) is 4.12. The SMILES string of the molecule is COc1cc(OC)c(/C=C2/SC(=S)N(c3ccccc3)C2=O)c(OC)c1. The van der Waals surface area contributed by atoms with Crippen LogP contribution in [0.4, 0.5) is 5.69 Å². The molecule has 0 aliphatic carbocycles. The second kappa shape index (κ2) is 7.80. The minimum atomic E-state index is -0.175. The monoisotopic (exact) mass is 387 g/mol. The number of rotatable bonds is 5. The standard InChI is InChI=1S/C19H17NO4S2/c1-22-13-9-15(23-2)14(16(10-13)24-3)11-17-18(21)20(19(25)26-17)12-7-5-4-6-8-12/h4-11H,1-3H3/b17-11+. The van der Waals surface area contributed by atoms with Gasteiger partial charge in [0.2, 0.25) is 0 Å². The van der Waals surface area contributed by atoms with Crippen molar-refractivity contribution in [2.75, 3.05) is 26.2 Å². The molecule has 5 nitrogen and oxygen atoms in total. The lowest BCUT2D eigenvalue weighted by atomic mass is 10.1. The van der Waals surface area contributed by atoms with Gasteiger partial charge in [0, 0.05) is 12.1 Å². The van der Waals surface area contributed by atoms with E-state index < -0.39 is 0 Å². The molecule has 0 saturated carbocycles. The van der Waals surface area contributed by atoms with Crippen LogP contribution in [0.1, 0.15) is 5.56 Å². The predicted molar refractivity (Wildman–Crippen MR) is 108 cm³/mol. The number of methoxy groups -OCH3 is 3. The number of thiocarbonyl (C=S) groups is 1. The molecule has 1 amide bonds. The molecule has 26 heavy (non-hydrogen) atoms. The number of benzene rings is 2. The third kappa shape index (κ3) is 3.40. The molecule has 0 atom stereocenters. The molecule has 0 spiro atoms. The van der Waals surface area contributed by atoms with Crippen LogP contribution in [0, 0.1) is 0 Å². The highest BCUT2D eigenvalue weighted by Gasteiger charge is 2.33. The number of thioether (sulfide) groups is 1. The van der Waals surface area contributed by atoms with Crippen molar-refractivity contribution in [3.05, 3.63) is 52.9 Å². The Hall–Kier alpha value is -2.51. The van der Waals surface area contributed by atoms with Crippen LogP contribution in [0.3, 0.4) is 0 Å². The maximum Gasteiger partial charge on any atom is 0.270 e. The van der Waals surface area contributed by atoms with Crippen molar-refractivity contribution >= 4 is 46.0 Å². The molecule has 1 heterocycles. The van der Waals surface area contributed by atoms with Gasteiger partial charge in [0.15, 0.2) is 4.32 Å². The first-order valence-electron chi connectivity index (χ1n) is 7.72. The summed E-state index contributed by atoms with van der Waals surface area (Å²) < 4.78 is 16.6. The van der Waals surface area contributed by atoms with E-state index in [-0.39, 0.29) is 5.91 Å². The van der Waals surface area contributed by atoms with E-state index in [0.717, 1.165) is 5.69 Å². The molecular weight excluding hydrogens is 370 g/mol. The van der Waals surface area contributed by atoms with Gasteiger partial charge in [-0.25, -0.2) is 0 Å². The first-order chi connectivity index (χ1) is 12.6. The van der Waals surface area contributed by atoms with Crippen molar-refractivity contribution in [2.24, 2.45) is 0 Å². The van der Waals surface area contributed by atoms with Crippen LogP contribution >= 0.6 is 24.0 Å². The first kappa shape index (κ1) is 18.3. The van der Waals surface area contributed by atoms with Crippen LogP contribution in [0.25, 0.3) is 6.08 Å². The molecule has 2 aromatic rings. The molecule has 7 heteroatoms. The van der Waals surface area contributed by atoms with Crippen molar-refractivity contribution in [3.63, 3.8) is 0 Å². The third-order valence-electron chi connectivity index (χ3n) is 3.84. The number of hydrogen-bond donors (Lipinski definition) is 0. The molecule has 1 saturated heterocycles. The van der Waals surface area contributed by atoms with Crippen molar-refractivity contribution < 1.29 is 19.0 Å². The van der Waals surface area contributed by atoms with Crippen molar-refractivity contribution in [1.82, 2.24) is 0 Å². The molecule has 0 radical (unpaired) electrons. The highest BCUT2D eigenvalue weighted by Crippen LogP contribution is 2.40. The van der Waals surface area contributed by atoms with Gasteiger partial charge in [0.25, 0.3) is 5.91 Å². The summed E-state index contributed by atoms with van der Waals surface area (Å²) in [6.45, 7) is 0. The summed E-state index contributed by atoms with van der Waals surface area (Å²) in [6, 6.07) is 12.8. The molecule has 1 aliphatic heterocycles. The van der Waals surface area contributed by atoms with E-state index in [1.807, 2.05) is 30.3 Å². The van der Waals surface area contributed by atoms with Crippen molar-refractivity contribution in [1.29, 1.82) is 0 Å². The quantitative estimate of drug-likeness (QED) is 0.568. The highest BCUT2D eigenvalue weighted by atomic mass is 32.2. The van der Waals surface area contributed by atoms with Gasteiger partial charge in [0.1, 0.15) is 17.2 Å². The molecule has 0 N–H and O–H groups in total. The molecule has 1 aliphatic rings. The van der Waals surface area contributed by atoms with Crippen LogP contribution in [0.15, 0.2) is 47.4 Å². The number of ether oxygens (including phenoxy) is 3. The lowest BCUT2D eigenvalue weighted by molar-refractivity contribution is -0.113. The Morgan fingerprint density at radius 3 is 2.15 bits per heavy atom. The minimum Gasteiger partial charge on any atom is -0.496 e. The van der Waals surface area contributed by atoms with Crippen LogP contribution in [0.2, 0.25) is 0 Å². The average molecular weight is 387 g/mol. The normalized spacial score (nSPS) is 15.5. The third-order valence-corrected chi connectivity index (χ3v) is 5.14. The van der Waals surface area contributed by atoms with E-state index in [9.17, 15) is 4.79 Å². The Bertz CT molecular complexity index is 855. The lowest BCUT2D eigenvalue weighted by Crippen LogP contribution is -2.27. The maximum atomic E-state index is 12.9. The van der Waals surface area contributed by atoms with Gasteiger partial charge in [-0.3, -0.25) is 9.69 Å².